The van der Waals surface area contributed by atoms with Gasteiger partial charge in [-0.05, 0) is 36.4 Å². The number of para-hydroxylation sites is 1. The van der Waals surface area contributed by atoms with Crippen LogP contribution in [0.15, 0.2) is 48.5 Å². The van der Waals surface area contributed by atoms with Crippen molar-refractivity contribution in [3.05, 3.63) is 60.2 Å². The van der Waals surface area contributed by atoms with E-state index in [9.17, 15) is 18.4 Å². The van der Waals surface area contributed by atoms with Crippen LogP contribution < -0.4 is 10.2 Å². The van der Waals surface area contributed by atoms with E-state index in [-0.39, 0.29) is 12.1 Å². The monoisotopic (exact) mass is 302 g/mol. The summed E-state index contributed by atoms with van der Waals surface area (Å²) >= 11 is 0. The molecule has 112 valence electrons. The van der Waals surface area contributed by atoms with Crippen LogP contribution in [-0.2, 0) is 9.59 Å². The van der Waals surface area contributed by atoms with Crippen LogP contribution in [0.3, 0.4) is 0 Å². The van der Waals surface area contributed by atoms with Gasteiger partial charge in [0.25, 0.3) is 5.91 Å². The van der Waals surface area contributed by atoms with Crippen LogP contribution in [0.5, 0.6) is 0 Å². The fourth-order valence-electron chi connectivity index (χ4n) is 2.37. The van der Waals surface area contributed by atoms with E-state index in [1.165, 1.54) is 42.5 Å². The van der Waals surface area contributed by atoms with Gasteiger partial charge in [0.15, 0.2) is 0 Å². The quantitative estimate of drug-likeness (QED) is 0.887. The first-order valence-electron chi connectivity index (χ1n) is 6.69. The third-order valence-corrected chi connectivity index (χ3v) is 3.44. The Labute approximate surface area is 125 Å². The summed E-state index contributed by atoms with van der Waals surface area (Å²) in [7, 11) is 0. The first kappa shape index (κ1) is 14.2. The molecule has 1 aliphatic rings. The SMILES string of the molecule is O=C1C[C@H](Nc2ccccc2F)C(=O)N1c1ccc(F)cc1. The average molecular weight is 302 g/mol. The van der Waals surface area contributed by atoms with Crippen LogP contribution in [0, 0.1) is 11.6 Å². The number of hydrogen-bond donors (Lipinski definition) is 1. The molecule has 22 heavy (non-hydrogen) atoms. The highest BCUT2D eigenvalue weighted by Crippen LogP contribution is 2.25. The van der Waals surface area contributed by atoms with Gasteiger partial charge in [0.05, 0.1) is 17.8 Å². The number of halogens is 2. The summed E-state index contributed by atoms with van der Waals surface area (Å²) in [6.07, 6.45) is -0.0788. The number of imide groups is 1. The highest BCUT2D eigenvalue weighted by Gasteiger charge is 2.39. The van der Waals surface area contributed by atoms with Gasteiger partial charge < -0.3 is 5.32 Å². The minimum absolute atomic E-state index is 0.0788. The number of anilines is 2. The van der Waals surface area contributed by atoms with Gasteiger partial charge in [-0.1, -0.05) is 12.1 Å². The molecule has 0 aliphatic carbocycles. The lowest BCUT2D eigenvalue weighted by molar-refractivity contribution is -0.121. The summed E-state index contributed by atoms with van der Waals surface area (Å²) in [5, 5.41) is 2.74. The lowest BCUT2D eigenvalue weighted by atomic mass is 10.2. The lowest BCUT2D eigenvalue weighted by Gasteiger charge is -2.16. The zero-order valence-corrected chi connectivity index (χ0v) is 11.4. The molecule has 4 nitrogen and oxygen atoms in total. The Morgan fingerprint density at radius 3 is 2.36 bits per heavy atom. The van der Waals surface area contributed by atoms with Crippen LogP contribution in [0.2, 0.25) is 0 Å². The van der Waals surface area contributed by atoms with Crippen molar-refractivity contribution in [2.24, 2.45) is 0 Å². The number of rotatable bonds is 3. The molecule has 0 unspecified atom stereocenters. The minimum atomic E-state index is -0.838. The number of nitrogens with one attached hydrogen (secondary N) is 1. The molecule has 2 aromatic rings. The van der Waals surface area contributed by atoms with Crippen LogP contribution in [0.1, 0.15) is 6.42 Å². The van der Waals surface area contributed by atoms with Crippen LogP contribution in [0.4, 0.5) is 20.2 Å². The number of amides is 2. The largest absolute Gasteiger partial charge is 0.371 e. The van der Waals surface area contributed by atoms with Crippen LogP contribution in [-0.4, -0.2) is 17.9 Å². The second-order valence-corrected chi connectivity index (χ2v) is 4.92. The molecule has 1 atom stereocenters. The van der Waals surface area contributed by atoms with Gasteiger partial charge in [-0.3, -0.25) is 9.59 Å². The number of nitrogens with zero attached hydrogens (tertiary/aromatic N) is 1. The highest BCUT2D eigenvalue weighted by molar-refractivity contribution is 6.23. The molecule has 3 rings (SSSR count). The smallest absolute Gasteiger partial charge is 0.256 e. The van der Waals surface area contributed by atoms with E-state index in [0.29, 0.717) is 5.69 Å². The van der Waals surface area contributed by atoms with Crippen molar-refractivity contribution in [1.82, 2.24) is 0 Å². The zero-order chi connectivity index (χ0) is 15.7. The van der Waals surface area contributed by atoms with Crippen LogP contribution in [0.25, 0.3) is 0 Å². The van der Waals surface area contributed by atoms with E-state index in [2.05, 4.69) is 5.32 Å². The van der Waals surface area contributed by atoms with E-state index in [1.54, 1.807) is 6.07 Å². The van der Waals surface area contributed by atoms with Crippen molar-refractivity contribution in [3.63, 3.8) is 0 Å². The number of hydrogen-bond acceptors (Lipinski definition) is 3. The molecule has 2 amide bonds. The zero-order valence-electron chi connectivity index (χ0n) is 11.4. The summed E-state index contributed by atoms with van der Waals surface area (Å²) in [6, 6.07) is 10.1. The molecule has 1 N–H and O–H groups in total. The third-order valence-electron chi connectivity index (χ3n) is 3.44. The predicted octanol–water partition coefficient (Wildman–Crippen LogP) is 2.71. The van der Waals surface area contributed by atoms with Gasteiger partial charge in [-0.2, -0.15) is 0 Å². The van der Waals surface area contributed by atoms with Crippen molar-refractivity contribution >= 4 is 23.2 Å². The predicted molar refractivity (Wildman–Crippen MR) is 77.3 cm³/mol. The topological polar surface area (TPSA) is 49.4 Å². The minimum Gasteiger partial charge on any atom is -0.371 e. The van der Waals surface area contributed by atoms with E-state index < -0.39 is 29.5 Å². The maximum absolute atomic E-state index is 13.6. The Morgan fingerprint density at radius 2 is 1.68 bits per heavy atom. The van der Waals surface area contributed by atoms with Gasteiger partial charge >= 0.3 is 0 Å². The van der Waals surface area contributed by atoms with Crippen molar-refractivity contribution in [1.29, 1.82) is 0 Å². The molecular weight excluding hydrogens is 290 g/mol. The fourth-order valence-corrected chi connectivity index (χ4v) is 2.37. The summed E-state index contributed by atoms with van der Waals surface area (Å²) in [5.74, 6) is -1.85. The Kier molecular flexibility index (Phi) is 3.58. The molecule has 0 aromatic heterocycles. The first-order valence-corrected chi connectivity index (χ1v) is 6.69. The molecule has 0 bridgehead atoms. The highest BCUT2D eigenvalue weighted by atomic mass is 19.1. The molecule has 0 spiro atoms. The molecule has 2 aromatic carbocycles. The van der Waals surface area contributed by atoms with Gasteiger partial charge in [0, 0.05) is 0 Å². The molecule has 0 radical (unpaired) electrons. The second kappa shape index (κ2) is 5.55. The summed E-state index contributed by atoms with van der Waals surface area (Å²) < 4.78 is 26.6. The van der Waals surface area contributed by atoms with Crippen molar-refractivity contribution in [3.8, 4) is 0 Å². The Balaban J connectivity index is 1.82. The van der Waals surface area contributed by atoms with Gasteiger partial charge in [-0.25, -0.2) is 13.7 Å². The normalized spacial score (nSPS) is 17.9. The molecule has 0 saturated carbocycles. The third kappa shape index (κ3) is 2.55. The average Bonchev–Trinajstić information content (AvgIpc) is 2.77. The number of benzene rings is 2. The fraction of sp³-hybridized carbons (Fsp3) is 0.125. The second-order valence-electron chi connectivity index (χ2n) is 4.92. The molecular formula is C16H12F2N2O2. The number of carbonyl (C=O) groups excluding carboxylic acids is 2. The van der Waals surface area contributed by atoms with Gasteiger partial charge in [-0.15, -0.1) is 0 Å². The standard InChI is InChI=1S/C16H12F2N2O2/c17-10-5-7-11(8-6-10)20-15(21)9-14(16(20)22)19-13-4-2-1-3-12(13)18/h1-8,14,19H,9H2/t14-/m0/s1. The molecule has 1 fully saturated rings. The summed E-state index contributed by atoms with van der Waals surface area (Å²) in [5.41, 5.74) is 0.462. The Morgan fingerprint density at radius 1 is 1.00 bits per heavy atom. The van der Waals surface area contributed by atoms with Gasteiger partial charge in [0.2, 0.25) is 5.91 Å². The maximum Gasteiger partial charge on any atom is 0.256 e. The summed E-state index contributed by atoms with van der Waals surface area (Å²) in [4.78, 5) is 25.4. The lowest BCUT2D eigenvalue weighted by Crippen LogP contribution is -2.34. The maximum atomic E-state index is 13.6. The van der Waals surface area contributed by atoms with E-state index in [0.717, 1.165) is 4.90 Å². The first-order chi connectivity index (χ1) is 10.6. The van der Waals surface area contributed by atoms with Crippen LogP contribution >= 0.6 is 0 Å². The summed E-state index contributed by atoms with van der Waals surface area (Å²) in [6.45, 7) is 0. The van der Waals surface area contributed by atoms with Crippen molar-refractivity contribution in [2.75, 3.05) is 10.2 Å². The van der Waals surface area contributed by atoms with E-state index >= 15 is 0 Å². The van der Waals surface area contributed by atoms with Crippen molar-refractivity contribution in [2.45, 2.75) is 12.5 Å². The van der Waals surface area contributed by atoms with E-state index in [4.69, 9.17) is 0 Å². The van der Waals surface area contributed by atoms with E-state index in [1.807, 2.05) is 0 Å². The Hall–Kier alpha value is -2.76. The number of carbonyl (C=O) groups is 2. The van der Waals surface area contributed by atoms with Gasteiger partial charge in [0.1, 0.15) is 17.7 Å². The molecule has 1 saturated heterocycles. The molecule has 1 aliphatic heterocycles. The molecule has 6 heteroatoms. The van der Waals surface area contributed by atoms with Crippen molar-refractivity contribution < 1.29 is 18.4 Å². The molecule has 1 heterocycles. The Bertz CT molecular complexity index is 731.